The number of carbonyl (C=O) groups excluding carboxylic acids is 2. The van der Waals surface area contributed by atoms with E-state index in [0.717, 1.165) is 21.3 Å². The van der Waals surface area contributed by atoms with E-state index >= 15 is 0 Å². The Bertz CT molecular complexity index is 1220. The molecule has 184 valence electrons. The maximum atomic E-state index is 13.7. The van der Waals surface area contributed by atoms with Crippen LogP contribution in [-0.2, 0) is 14.3 Å². The molecular weight excluding hydrogens is 530 g/mol. The van der Waals surface area contributed by atoms with Gasteiger partial charge in [0.25, 0.3) is 0 Å². The Morgan fingerprint density at radius 3 is 2.49 bits per heavy atom. The lowest BCUT2D eigenvalue weighted by Gasteiger charge is -2.37. The fourth-order valence-corrected chi connectivity index (χ4v) is 5.49. The molecule has 0 spiro atoms. The van der Waals surface area contributed by atoms with Crippen LogP contribution in [0.25, 0.3) is 0 Å². The van der Waals surface area contributed by atoms with Crippen molar-refractivity contribution < 1.29 is 19.1 Å². The van der Waals surface area contributed by atoms with Gasteiger partial charge >= 0.3 is 5.97 Å². The minimum Gasteiger partial charge on any atom is -0.496 e. The van der Waals surface area contributed by atoms with Crippen molar-refractivity contribution in [3.8, 4) is 5.75 Å². The van der Waals surface area contributed by atoms with Gasteiger partial charge < -0.3 is 14.8 Å². The zero-order valence-electron chi connectivity index (χ0n) is 20.3. The minimum absolute atomic E-state index is 0.0250. The summed E-state index contributed by atoms with van der Waals surface area (Å²) in [6, 6.07) is 13.3. The first-order valence-electron chi connectivity index (χ1n) is 11.8. The summed E-state index contributed by atoms with van der Waals surface area (Å²) in [6.07, 6.45) is 1.52. The number of hydrogen-bond donors (Lipinski definition) is 1. The molecule has 5 nitrogen and oxygen atoms in total. The highest BCUT2D eigenvalue weighted by atomic mass is 79.9. The number of methoxy groups -OCH3 is 1. The van der Waals surface area contributed by atoms with Crippen LogP contribution in [0.3, 0.4) is 0 Å². The number of esters is 1. The number of hydrogen-bond acceptors (Lipinski definition) is 5. The number of benzene rings is 2. The van der Waals surface area contributed by atoms with Crippen molar-refractivity contribution in [2.75, 3.05) is 7.11 Å². The maximum Gasteiger partial charge on any atom is 0.337 e. The quantitative estimate of drug-likeness (QED) is 0.394. The summed E-state index contributed by atoms with van der Waals surface area (Å²) in [5, 5.41) is 4.06. The van der Waals surface area contributed by atoms with E-state index in [2.05, 4.69) is 21.2 Å². The largest absolute Gasteiger partial charge is 0.496 e. The van der Waals surface area contributed by atoms with Gasteiger partial charge in [-0.3, -0.25) is 4.79 Å². The van der Waals surface area contributed by atoms with Crippen molar-refractivity contribution in [2.24, 2.45) is 0 Å². The summed E-state index contributed by atoms with van der Waals surface area (Å²) in [4.78, 5) is 27.1. The Kier molecular flexibility index (Phi) is 7.72. The second kappa shape index (κ2) is 10.6. The molecular formula is C28H29BrClNO4. The number of allylic oxidation sites excluding steroid dienone is 3. The van der Waals surface area contributed by atoms with Gasteiger partial charge in [0.15, 0.2) is 5.78 Å². The van der Waals surface area contributed by atoms with Crippen molar-refractivity contribution in [2.45, 2.75) is 58.0 Å². The molecule has 0 bridgehead atoms. The van der Waals surface area contributed by atoms with Gasteiger partial charge in [-0.1, -0.05) is 36.7 Å². The molecule has 1 heterocycles. The van der Waals surface area contributed by atoms with Gasteiger partial charge in [-0.05, 0) is 83.9 Å². The lowest BCUT2D eigenvalue weighted by molar-refractivity contribution is -0.144. The Labute approximate surface area is 219 Å². The molecule has 0 saturated carbocycles. The molecule has 0 amide bonds. The molecule has 35 heavy (non-hydrogen) atoms. The highest BCUT2D eigenvalue weighted by Gasteiger charge is 2.41. The third-order valence-electron chi connectivity index (χ3n) is 6.78. The predicted octanol–water partition coefficient (Wildman–Crippen LogP) is 6.81. The van der Waals surface area contributed by atoms with E-state index in [9.17, 15) is 9.59 Å². The number of carbonyl (C=O) groups is 2. The highest BCUT2D eigenvalue weighted by molar-refractivity contribution is 9.10. The SMILES string of the molecule is CC[C@@H](C)OC(=O)C1=C(C)NC2=C(C(=O)C[C@H](c3ccc(Cl)cc3)C2)[C@@H]1c1ccc(OC)c(Br)c1. The van der Waals surface area contributed by atoms with E-state index in [-0.39, 0.29) is 17.8 Å². The number of ether oxygens (including phenoxy) is 2. The molecule has 2 aliphatic rings. The molecule has 4 rings (SSSR count). The van der Waals surface area contributed by atoms with E-state index in [0.29, 0.717) is 46.9 Å². The van der Waals surface area contributed by atoms with Gasteiger partial charge in [-0.25, -0.2) is 4.79 Å². The van der Waals surface area contributed by atoms with Crippen LogP contribution >= 0.6 is 27.5 Å². The van der Waals surface area contributed by atoms with Crippen molar-refractivity contribution in [3.05, 3.63) is 85.6 Å². The smallest absolute Gasteiger partial charge is 0.337 e. The number of rotatable bonds is 6. The maximum absolute atomic E-state index is 13.7. The number of dihydropyridines is 1. The van der Waals surface area contributed by atoms with Crippen LogP contribution in [0.4, 0.5) is 0 Å². The van der Waals surface area contributed by atoms with E-state index in [1.165, 1.54) is 0 Å². The third-order valence-corrected chi connectivity index (χ3v) is 7.65. The predicted molar refractivity (Wildman–Crippen MR) is 141 cm³/mol. The molecule has 1 aliphatic carbocycles. The first kappa shape index (κ1) is 25.5. The van der Waals surface area contributed by atoms with Crippen LogP contribution in [0.1, 0.15) is 63.0 Å². The lowest BCUT2D eigenvalue weighted by atomic mass is 9.71. The summed E-state index contributed by atoms with van der Waals surface area (Å²) in [7, 11) is 1.60. The van der Waals surface area contributed by atoms with E-state index < -0.39 is 11.9 Å². The van der Waals surface area contributed by atoms with E-state index in [4.69, 9.17) is 21.1 Å². The minimum atomic E-state index is -0.524. The Balaban J connectivity index is 1.80. The normalized spacial score (nSPS) is 20.8. The van der Waals surface area contributed by atoms with Crippen LogP contribution in [0.2, 0.25) is 5.02 Å². The fourth-order valence-electron chi connectivity index (χ4n) is 4.81. The topological polar surface area (TPSA) is 64.6 Å². The summed E-state index contributed by atoms with van der Waals surface area (Å²) in [5.41, 5.74) is 4.58. The Hall–Kier alpha value is -2.57. The monoisotopic (exact) mass is 557 g/mol. The highest BCUT2D eigenvalue weighted by Crippen LogP contribution is 2.46. The molecule has 0 aromatic heterocycles. The number of halogens is 2. The van der Waals surface area contributed by atoms with Gasteiger partial charge in [-0.15, -0.1) is 0 Å². The zero-order chi connectivity index (χ0) is 25.3. The second-order valence-corrected chi connectivity index (χ2v) is 10.4. The van der Waals surface area contributed by atoms with Gasteiger partial charge in [0.2, 0.25) is 0 Å². The summed E-state index contributed by atoms with van der Waals surface area (Å²) in [6.45, 7) is 5.72. The summed E-state index contributed by atoms with van der Waals surface area (Å²) < 4.78 is 11.9. The van der Waals surface area contributed by atoms with Crippen molar-refractivity contribution in [3.63, 3.8) is 0 Å². The number of Topliss-reactive ketones (excluding diaryl/α,β-unsaturated/α-hetero) is 1. The molecule has 2 aromatic rings. The molecule has 0 fully saturated rings. The van der Waals surface area contributed by atoms with Gasteiger partial charge in [0.1, 0.15) is 5.75 Å². The summed E-state index contributed by atoms with van der Waals surface area (Å²) in [5.74, 6) is -0.184. The molecule has 3 atom stereocenters. The van der Waals surface area contributed by atoms with Crippen LogP contribution in [0, 0.1) is 0 Å². The molecule has 1 N–H and O–H groups in total. The lowest BCUT2D eigenvalue weighted by Crippen LogP contribution is -2.36. The van der Waals surface area contributed by atoms with Gasteiger partial charge in [0, 0.05) is 34.3 Å². The van der Waals surface area contributed by atoms with Crippen molar-refractivity contribution in [1.82, 2.24) is 5.32 Å². The standard InChI is InChI=1S/C28H29BrClNO4/c1-5-15(2)35-28(33)25-16(3)31-22-13-19(17-6-9-20(30)10-7-17)14-23(32)27(22)26(25)18-8-11-24(34-4)21(29)12-18/h6-12,15,19,26,31H,5,13-14H2,1-4H3/t15-,19-,26-/m1/s1. The molecule has 2 aromatic carbocycles. The van der Waals surface area contributed by atoms with Crippen LogP contribution in [0.15, 0.2) is 69.5 Å². The van der Waals surface area contributed by atoms with E-state index in [1.54, 1.807) is 7.11 Å². The van der Waals surface area contributed by atoms with E-state index in [1.807, 2.05) is 63.2 Å². The molecule has 1 aliphatic heterocycles. The molecule has 7 heteroatoms. The average Bonchev–Trinajstić information content (AvgIpc) is 2.83. The Morgan fingerprint density at radius 2 is 1.86 bits per heavy atom. The summed E-state index contributed by atoms with van der Waals surface area (Å²) >= 11 is 9.63. The van der Waals surface area contributed by atoms with Gasteiger partial charge in [-0.2, -0.15) is 0 Å². The van der Waals surface area contributed by atoms with Crippen LogP contribution < -0.4 is 10.1 Å². The number of ketones is 1. The first-order valence-corrected chi connectivity index (χ1v) is 12.9. The van der Waals surface area contributed by atoms with Crippen molar-refractivity contribution >= 4 is 39.3 Å². The van der Waals surface area contributed by atoms with Crippen molar-refractivity contribution in [1.29, 1.82) is 0 Å². The molecule has 0 saturated heterocycles. The number of nitrogens with one attached hydrogen (secondary N) is 1. The average molecular weight is 559 g/mol. The molecule has 0 unspecified atom stereocenters. The second-order valence-electron chi connectivity index (χ2n) is 9.09. The Morgan fingerprint density at radius 1 is 1.17 bits per heavy atom. The molecule has 0 radical (unpaired) electrons. The van der Waals surface area contributed by atoms with Crippen LogP contribution in [0.5, 0.6) is 5.75 Å². The first-order chi connectivity index (χ1) is 16.7. The van der Waals surface area contributed by atoms with Crippen LogP contribution in [-0.4, -0.2) is 25.0 Å². The zero-order valence-corrected chi connectivity index (χ0v) is 22.6. The van der Waals surface area contributed by atoms with Gasteiger partial charge in [0.05, 0.1) is 23.3 Å². The third kappa shape index (κ3) is 5.19. The fraction of sp³-hybridized carbons (Fsp3) is 0.357.